The summed E-state index contributed by atoms with van der Waals surface area (Å²) in [6.07, 6.45) is 7.13. The van der Waals surface area contributed by atoms with Crippen LogP contribution < -0.4 is 0 Å². The highest BCUT2D eigenvalue weighted by molar-refractivity contribution is 6.30. The largest absolute Gasteiger partial charge is 0.395 e. The van der Waals surface area contributed by atoms with Crippen LogP contribution in [0.2, 0.25) is 5.02 Å². The molecular formula is C32H50ClN3O3. The van der Waals surface area contributed by atoms with E-state index < -0.39 is 5.41 Å². The number of halogens is 1. The first-order chi connectivity index (χ1) is 18.4. The van der Waals surface area contributed by atoms with Gasteiger partial charge in [0.2, 0.25) is 11.8 Å². The molecule has 1 saturated carbocycles. The summed E-state index contributed by atoms with van der Waals surface area (Å²) in [6, 6.07) is 8.17. The fourth-order valence-electron chi connectivity index (χ4n) is 7.16. The highest BCUT2D eigenvalue weighted by atomic mass is 35.5. The molecule has 0 aromatic heterocycles. The van der Waals surface area contributed by atoms with E-state index in [0.29, 0.717) is 18.1 Å². The second-order valence-electron chi connectivity index (χ2n) is 13.8. The van der Waals surface area contributed by atoms with Crippen molar-refractivity contribution in [3.05, 3.63) is 34.9 Å². The number of likely N-dealkylation sites (tertiary alicyclic amines) is 2. The zero-order chi connectivity index (χ0) is 28.5. The van der Waals surface area contributed by atoms with E-state index in [4.69, 9.17) is 11.6 Å². The standard InChI is InChI=1S/C32H50ClN3O3/c1-7-22-8-14-25(15-9-22)36(30(39)32(5,6)21-37)26-16-18-34(20-26)29(38)27-17-19-35(31(2,3)4)28(27)23-10-12-24(33)13-11-23/h10-13,22,25-28,37H,7-9,14-21H2,1-6H3/t22?,25?,26-,27-,28?/m0/s1. The van der Waals surface area contributed by atoms with Gasteiger partial charge in [-0.05, 0) is 96.8 Å². The Morgan fingerprint density at radius 3 is 2.15 bits per heavy atom. The van der Waals surface area contributed by atoms with Crippen molar-refractivity contribution in [2.24, 2.45) is 17.3 Å². The lowest BCUT2D eigenvalue weighted by molar-refractivity contribution is -0.149. The van der Waals surface area contributed by atoms with Gasteiger partial charge in [-0.3, -0.25) is 14.5 Å². The van der Waals surface area contributed by atoms with E-state index in [0.717, 1.165) is 56.6 Å². The summed E-state index contributed by atoms with van der Waals surface area (Å²) in [7, 11) is 0. The Labute approximate surface area is 241 Å². The van der Waals surface area contributed by atoms with Crippen LogP contribution in [-0.2, 0) is 9.59 Å². The molecule has 2 heterocycles. The summed E-state index contributed by atoms with van der Waals surface area (Å²) in [4.78, 5) is 34.6. The zero-order valence-electron chi connectivity index (χ0n) is 25.0. The maximum absolute atomic E-state index is 14.1. The molecule has 2 saturated heterocycles. The van der Waals surface area contributed by atoms with Crippen LogP contribution in [0.4, 0.5) is 0 Å². The topological polar surface area (TPSA) is 64.1 Å². The summed E-state index contributed by atoms with van der Waals surface area (Å²) >= 11 is 6.20. The molecule has 39 heavy (non-hydrogen) atoms. The van der Waals surface area contributed by atoms with Crippen LogP contribution in [-0.4, -0.2) is 75.5 Å². The van der Waals surface area contributed by atoms with E-state index in [1.807, 2.05) is 30.9 Å². The number of aliphatic hydroxyl groups is 1. The second kappa shape index (κ2) is 12.1. The van der Waals surface area contributed by atoms with Gasteiger partial charge in [-0.15, -0.1) is 0 Å². The fraction of sp³-hybridized carbons (Fsp3) is 0.750. The molecule has 0 bridgehead atoms. The fourth-order valence-corrected chi connectivity index (χ4v) is 7.28. The Morgan fingerprint density at radius 2 is 1.59 bits per heavy atom. The minimum atomic E-state index is -0.822. The van der Waals surface area contributed by atoms with Crippen LogP contribution in [0.25, 0.3) is 0 Å². The summed E-state index contributed by atoms with van der Waals surface area (Å²) in [5, 5.41) is 10.7. The van der Waals surface area contributed by atoms with Crippen molar-refractivity contribution < 1.29 is 14.7 Å². The van der Waals surface area contributed by atoms with Gasteiger partial charge in [0.15, 0.2) is 0 Å². The van der Waals surface area contributed by atoms with Crippen molar-refractivity contribution in [1.29, 1.82) is 0 Å². The lowest BCUT2D eigenvalue weighted by Crippen LogP contribution is -2.54. The first-order valence-corrected chi connectivity index (χ1v) is 15.5. The van der Waals surface area contributed by atoms with Crippen molar-refractivity contribution in [3.63, 3.8) is 0 Å². The van der Waals surface area contributed by atoms with Crippen LogP contribution >= 0.6 is 11.6 Å². The van der Waals surface area contributed by atoms with Gasteiger partial charge in [0.05, 0.1) is 24.0 Å². The normalized spacial score (nSPS) is 28.6. The van der Waals surface area contributed by atoms with E-state index in [-0.39, 0.29) is 48.0 Å². The maximum Gasteiger partial charge on any atom is 0.231 e. The molecule has 0 spiro atoms. The van der Waals surface area contributed by atoms with Gasteiger partial charge in [0.1, 0.15) is 0 Å². The molecule has 2 amide bonds. The molecule has 3 fully saturated rings. The van der Waals surface area contributed by atoms with Crippen molar-refractivity contribution in [1.82, 2.24) is 14.7 Å². The van der Waals surface area contributed by atoms with E-state index >= 15 is 0 Å². The third-order valence-electron chi connectivity index (χ3n) is 9.65. The highest BCUT2D eigenvalue weighted by Gasteiger charge is 2.48. The predicted molar refractivity (Wildman–Crippen MR) is 157 cm³/mol. The first-order valence-electron chi connectivity index (χ1n) is 15.1. The average molecular weight is 560 g/mol. The summed E-state index contributed by atoms with van der Waals surface area (Å²) in [6.45, 7) is 14.6. The number of carbonyl (C=O) groups excluding carboxylic acids is 2. The first kappa shape index (κ1) is 30.3. The Kier molecular flexibility index (Phi) is 9.40. The van der Waals surface area contributed by atoms with Gasteiger partial charge < -0.3 is 14.9 Å². The number of nitrogens with zero attached hydrogens (tertiary/aromatic N) is 3. The Bertz CT molecular complexity index is 997. The second-order valence-corrected chi connectivity index (χ2v) is 14.3. The third-order valence-corrected chi connectivity index (χ3v) is 9.90. The van der Waals surface area contributed by atoms with E-state index in [2.05, 4.69) is 49.6 Å². The van der Waals surface area contributed by atoms with Gasteiger partial charge in [0, 0.05) is 42.3 Å². The molecule has 3 atom stereocenters. The quantitative estimate of drug-likeness (QED) is 0.450. The summed E-state index contributed by atoms with van der Waals surface area (Å²) in [5.41, 5.74) is 0.246. The molecule has 7 heteroatoms. The number of rotatable bonds is 7. The molecule has 2 aliphatic heterocycles. The molecule has 0 radical (unpaired) electrons. The Morgan fingerprint density at radius 1 is 0.949 bits per heavy atom. The van der Waals surface area contributed by atoms with Crippen LogP contribution in [0.5, 0.6) is 0 Å². The third kappa shape index (κ3) is 6.49. The number of hydrogen-bond acceptors (Lipinski definition) is 4. The summed E-state index contributed by atoms with van der Waals surface area (Å²) in [5.74, 6) is 0.849. The van der Waals surface area contributed by atoms with Crippen molar-refractivity contribution in [2.45, 2.75) is 110 Å². The number of benzene rings is 1. The molecule has 4 rings (SSSR count). The molecule has 1 aromatic rings. The molecule has 1 aliphatic carbocycles. The zero-order valence-corrected chi connectivity index (χ0v) is 25.7. The van der Waals surface area contributed by atoms with Crippen molar-refractivity contribution in [3.8, 4) is 0 Å². The van der Waals surface area contributed by atoms with E-state index in [1.165, 1.54) is 6.42 Å². The van der Waals surface area contributed by atoms with Gasteiger partial charge in [-0.2, -0.15) is 0 Å². The molecule has 1 unspecified atom stereocenters. The number of aliphatic hydroxyl groups excluding tert-OH is 1. The summed E-state index contributed by atoms with van der Waals surface area (Å²) < 4.78 is 0. The van der Waals surface area contributed by atoms with Crippen LogP contribution in [0.15, 0.2) is 24.3 Å². The maximum atomic E-state index is 14.1. The number of carbonyl (C=O) groups is 2. The van der Waals surface area contributed by atoms with Gasteiger partial charge >= 0.3 is 0 Å². The van der Waals surface area contributed by atoms with Gasteiger partial charge in [-0.1, -0.05) is 37.1 Å². The Balaban J connectivity index is 1.54. The smallest absolute Gasteiger partial charge is 0.231 e. The van der Waals surface area contributed by atoms with Gasteiger partial charge in [-0.25, -0.2) is 0 Å². The number of amides is 2. The van der Waals surface area contributed by atoms with Crippen molar-refractivity contribution >= 4 is 23.4 Å². The molecule has 6 nitrogen and oxygen atoms in total. The van der Waals surface area contributed by atoms with E-state index in [1.54, 1.807) is 0 Å². The molecule has 3 aliphatic rings. The molecule has 1 N–H and O–H groups in total. The van der Waals surface area contributed by atoms with Crippen molar-refractivity contribution in [2.75, 3.05) is 26.2 Å². The molecular weight excluding hydrogens is 510 g/mol. The molecule has 1 aromatic carbocycles. The van der Waals surface area contributed by atoms with Crippen LogP contribution in [0.3, 0.4) is 0 Å². The SMILES string of the molecule is CCC1CCC(N(C(=O)C(C)(C)CO)[C@H]2CCN(C(=O)[C@H]3CCN(C(C)(C)C)C3c3ccc(Cl)cc3)C2)CC1. The average Bonchev–Trinajstić information content (AvgIpc) is 3.57. The predicted octanol–water partition coefficient (Wildman–Crippen LogP) is 5.92. The van der Waals surface area contributed by atoms with Crippen LogP contribution in [0.1, 0.15) is 98.1 Å². The van der Waals surface area contributed by atoms with Crippen LogP contribution in [0, 0.1) is 17.3 Å². The minimum Gasteiger partial charge on any atom is -0.395 e. The van der Waals surface area contributed by atoms with Gasteiger partial charge in [0.25, 0.3) is 0 Å². The Hall–Kier alpha value is -1.63. The minimum absolute atomic E-state index is 0.00388. The lowest BCUT2D eigenvalue weighted by Gasteiger charge is -2.43. The number of hydrogen-bond donors (Lipinski definition) is 1. The molecule has 218 valence electrons. The monoisotopic (exact) mass is 559 g/mol. The lowest BCUT2D eigenvalue weighted by atomic mass is 9.82. The highest BCUT2D eigenvalue weighted by Crippen LogP contribution is 2.43. The van der Waals surface area contributed by atoms with E-state index in [9.17, 15) is 14.7 Å².